The first kappa shape index (κ1) is 27.9. The number of fused-ring (bicyclic) bond motifs is 1. The fraction of sp³-hybridized carbons (Fsp3) is 0.125. The number of rotatable bonds is 9. The molecule has 0 amide bonds. The summed E-state index contributed by atoms with van der Waals surface area (Å²) < 4.78 is 7.47. The number of thiophene rings is 1. The van der Waals surface area contributed by atoms with Crippen LogP contribution in [0.3, 0.4) is 0 Å². The van der Waals surface area contributed by atoms with Crippen molar-refractivity contribution in [3.63, 3.8) is 0 Å². The molecule has 10 nitrogen and oxygen atoms in total. The number of nitrogens with one attached hydrogen (secondary N) is 2. The first-order chi connectivity index (χ1) is 21.0. The Morgan fingerprint density at radius 3 is 2.40 bits per heavy atom. The first-order valence-electron chi connectivity index (χ1n) is 13.6. The molecule has 3 aromatic heterocycles. The number of H-pyrrole nitrogens is 1. The van der Waals surface area contributed by atoms with Gasteiger partial charge in [-0.05, 0) is 29.2 Å². The van der Waals surface area contributed by atoms with Gasteiger partial charge in [-0.3, -0.25) is 29.2 Å². The minimum Gasteiger partial charge on any atom is -0.296 e. The van der Waals surface area contributed by atoms with Crippen LogP contribution in [0, 0.1) is 0 Å². The molecule has 0 atom stereocenters. The summed E-state index contributed by atoms with van der Waals surface area (Å²) in [5.74, 6) is -0.280. The highest BCUT2D eigenvalue weighted by molar-refractivity contribution is 7.18. The van der Waals surface area contributed by atoms with E-state index in [0.717, 1.165) is 43.7 Å². The molecule has 0 radical (unpaired) electrons. The van der Waals surface area contributed by atoms with E-state index < -0.39 is 17.0 Å². The number of aryl methyl sites for hydroxylation is 1. The first-order valence-corrected chi connectivity index (χ1v) is 14.4. The summed E-state index contributed by atoms with van der Waals surface area (Å²) in [5.41, 5.74) is 6.53. The van der Waals surface area contributed by atoms with Crippen LogP contribution in [0.5, 0.6) is 0 Å². The predicted molar refractivity (Wildman–Crippen MR) is 168 cm³/mol. The zero-order valence-electron chi connectivity index (χ0n) is 23.4. The summed E-state index contributed by atoms with van der Waals surface area (Å²) >= 11 is 1.45. The Morgan fingerprint density at radius 2 is 1.72 bits per heavy atom. The Balaban J connectivity index is 1.43. The minimum absolute atomic E-state index is 0.254. The van der Waals surface area contributed by atoms with Crippen molar-refractivity contribution in [2.75, 3.05) is 7.11 Å². The summed E-state index contributed by atoms with van der Waals surface area (Å²) in [6, 6.07) is 26.5. The van der Waals surface area contributed by atoms with Gasteiger partial charge < -0.3 is 0 Å². The Bertz CT molecular complexity index is 2120. The van der Waals surface area contributed by atoms with Crippen LogP contribution in [0.2, 0.25) is 0 Å². The third-order valence-electron chi connectivity index (χ3n) is 7.03. The van der Waals surface area contributed by atoms with E-state index in [1.165, 1.54) is 24.6 Å². The summed E-state index contributed by atoms with van der Waals surface area (Å²) in [6.45, 7) is 2.27. The highest BCUT2D eigenvalue weighted by atomic mass is 32.1. The number of aromatic amines is 1. The second-order valence-electron chi connectivity index (χ2n) is 9.73. The van der Waals surface area contributed by atoms with Gasteiger partial charge in [-0.15, -0.1) is 11.3 Å². The van der Waals surface area contributed by atoms with Crippen LogP contribution < -0.4 is 22.5 Å². The Morgan fingerprint density at radius 1 is 1.00 bits per heavy atom. The average Bonchev–Trinajstić information content (AvgIpc) is 3.68. The van der Waals surface area contributed by atoms with Crippen molar-refractivity contribution < 1.29 is 9.36 Å². The molecule has 0 aliphatic heterocycles. The summed E-state index contributed by atoms with van der Waals surface area (Å²) in [5, 5.41) is 4.32. The number of aromatic nitrogens is 4. The lowest BCUT2D eigenvalue weighted by Gasteiger charge is -2.13. The number of hydrogen-bond acceptors (Lipinski definition) is 8. The topological polar surface area (TPSA) is 124 Å². The van der Waals surface area contributed by atoms with E-state index in [-0.39, 0.29) is 6.54 Å². The van der Waals surface area contributed by atoms with Crippen LogP contribution in [-0.4, -0.2) is 26.4 Å². The molecule has 3 heterocycles. The molecule has 0 fully saturated rings. The van der Waals surface area contributed by atoms with Crippen LogP contribution in [0.15, 0.2) is 104 Å². The summed E-state index contributed by atoms with van der Waals surface area (Å²) in [4.78, 5) is 48.5. The molecule has 6 aromatic rings. The smallest absolute Gasteiger partial charge is 0.296 e. The molecule has 0 aliphatic carbocycles. The zero-order chi connectivity index (χ0) is 29.9. The standard InChI is InChI=1S/C32H27N5O5S/c1-3-23-17-26-29(38)36(19-27(34-41-2)22-9-5-4-6-10-22)32(40)37(30(26)43-23)18-20-13-15-21(16-14-20)24-11-7-8-12-25(24)28-33-31(39)42-35-28/h4-17,19,34H,3,18H2,1-2H3,(H,33,35,39). The zero-order valence-corrected chi connectivity index (χ0v) is 24.2. The van der Waals surface area contributed by atoms with Gasteiger partial charge in [0.25, 0.3) is 5.56 Å². The maximum Gasteiger partial charge on any atom is 0.439 e. The molecule has 0 aliphatic rings. The third-order valence-corrected chi connectivity index (χ3v) is 8.33. The molecule has 6 rings (SSSR count). The molecule has 11 heteroatoms. The van der Waals surface area contributed by atoms with Gasteiger partial charge in [0.2, 0.25) is 0 Å². The van der Waals surface area contributed by atoms with Crippen molar-refractivity contribution >= 4 is 33.5 Å². The largest absolute Gasteiger partial charge is 0.439 e. The summed E-state index contributed by atoms with van der Waals surface area (Å²) in [6.07, 6.45) is 2.23. The van der Waals surface area contributed by atoms with Crippen molar-refractivity contribution in [1.29, 1.82) is 0 Å². The fourth-order valence-electron chi connectivity index (χ4n) is 4.92. The maximum atomic E-state index is 13.9. The van der Waals surface area contributed by atoms with E-state index >= 15 is 0 Å². The molecule has 216 valence electrons. The van der Waals surface area contributed by atoms with E-state index in [2.05, 4.69) is 15.6 Å². The average molecular weight is 594 g/mol. The van der Waals surface area contributed by atoms with Crippen LogP contribution >= 0.6 is 11.3 Å². The van der Waals surface area contributed by atoms with Gasteiger partial charge in [0.1, 0.15) is 4.83 Å². The second-order valence-corrected chi connectivity index (χ2v) is 10.8. The van der Waals surface area contributed by atoms with Crippen LogP contribution in [0.25, 0.3) is 44.6 Å². The van der Waals surface area contributed by atoms with Crippen LogP contribution in [0.4, 0.5) is 0 Å². The number of hydrogen-bond donors (Lipinski definition) is 2. The van der Waals surface area contributed by atoms with Gasteiger partial charge in [-0.1, -0.05) is 90.9 Å². The van der Waals surface area contributed by atoms with Crippen molar-refractivity contribution in [3.8, 4) is 22.5 Å². The summed E-state index contributed by atoms with van der Waals surface area (Å²) in [7, 11) is 1.47. The molecular formula is C32H27N5O5S. The van der Waals surface area contributed by atoms with E-state index in [0.29, 0.717) is 21.7 Å². The number of benzene rings is 3. The van der Waals surface area contributed by atoms with Gasteiger partial charge in [0.15, 0.2) is 5.82 Å². The predicted octanol–water partition coefficient (Wildman–Crippen LogP) is 4.95. The lowest BCUT2D eigenvalue weighted by atomic mass is 9.98. The molecule has 43 heavy (non-hydrogen) atoms. The second kappa shape index (κ2) is 11.9. The highest BCUT2D eigenvalue weighted by Gasteiger charge is 2.17. The monoisotopic (exact) mass is 593 g/mol. The van der Waals surface area contributed by atoms with Gasteiger partial charge in [-0.2, -0.15) is 0 Å². The van der Waals surface area contributed by atoms with Gasteiger partial charge >= 0.3 is 11.4 Å². The van der Waals surface area contributed by atoms with Gasteiger partial charge in [-0.25, -0.2) is 14.2 Å². The minimum atomic E-state index is -0.623. The molecular weight excluding hydrogens is 566 g/mol. The molecule has 0 unspecified atom stereocenters. The van der Waals surface area contributed by atoms with E-state index in [1.807, 2.05) is 91.9 Å². The molecule has 3 aromatic carbocycles. The molecule has 0 bridgehead atoms. The molecule has 0 spiro atoms. The quantitative estimate of drug-likeness (QED) is 0.227. The van der Waals surface area contributed by atoms with Crippen molar-refractivity contribution in [3.05, 3.63) is 132 Å². The van der Waals surface area contributed by atoms with E-state index in [9.17, 15) is 14.4 Å². The van der Waals surface area contributed by atoms with Crippen molar-refractivity contribution in [1.82, 2.24) is 24.8 Å². The van der Waals surface area contributed by atoms with Gasteiger partial charge in [0.05, 0.1) is 24.7 Å². The normalized spacial score (nSPS) is 11.7. The fourth-order valence-corrected chi connectivity index (χ4v) is 6.00. The SMILES string of the molecule is CCc1cc2c(=O)n(C=C(NOC)c3ccccc3)c(=O)n(Cc3ccc(-c4ccccc4-c4noc(=O)[nH]4)cc3)c2s1. The Labute approximate surface area is 249 Å². The van der Waals surface area contributed by atoms with Crippen molar-refractivity contribution in [2.24, 2.45) is 0 Å². The van der Waals surface area contributed by atoms with Crippen molar-refractivity contribution in [2.45, 2.75) is 19.9 Å². The number of nitrogens with zero attached hydrogens (tertiary/aromatic N) is 3. The molecule has 2 N–H and O–H groups in total. The highest BCUT2D eigenvalue weighted by Crippen LogP contribution is 2.30. The van der Waals surface area contributed by atoms with Crippen LogP contribution in [-0.2, 0) is 17.8 Å². The number of hydroxylamine groups is 1. The molecule has 0 saturated heterocycles. The Hall–Kier alpha value is -5.26. The lowest BCUT2D eigenvalue weighted by molar-refractivity contribution is 0.137. The van der Waals surface area contributed by atoms with E-state index in [4.69, 9.17) is 9.36 Å². The lowest BCUT2D eigenvalue weighted by Crippen LogP contribution is -2.37. The Kier molecular flexibility index (Phi) is 7.73. The molecule has 0 saturated carbocycles. The van der Waals surface area contributed by atoms with Gasteiger partial charge in [0, 0.05) is 22.2 Å². The van der Waals surface area contributed by atoms with E-state index in [1.54, 1.807) is 4.57 Å². The van der Waals surface area contributed by atoms with Crippen LogP contribution in [0.1, 0.15) is 22.9 Å². The third kappa shape index (κ3) is 5.51. The maximum absolute atomic E-state index is 13.9.